The van der Waals surface area contributed by atoms with Crippen LogP contribution in [-0.4, -0.2) is 20.7 Å². The first-order valence-electron chi connectivity index (χ1n) is 9.33. The molecule has 4 aromatic rings. The Labute approximate surface area is 184 Å². The number of aryl methyl sites for hydroxylation is 1. The van der Waals surface area contributed by atoms with E-state index in [0.29, 0.717) is 33.9 Å². The van der Waals surface area contributed by atoms with E-state index in [1.807, 2.05) is 55.5 Å². The second-order valence-electron chi connectivity index (χ2n) is 6.80. The van der Waals surface area contributed by atoms with Gasteiger partial charge in [-0.15, -0.1) is 5.10 Å². The van der Waals surface area contributed by atoms with Crippen LogP contribution in [0.1, 0.15) is 21.5 Å². The summed E-state index contributed by atoms with van der Waals surface area (Å²) in [6.45, 7) is 2.41. The highest BCUT2D eigenvalue weighted by Crippen LogP contribution is 2.22. The Kier molecular flexibility index (Phi) is 5.84. The Hall–Kier alpha value is -3.15. The molecule has 0 aliphatic heterocycles. The van der Waals surface area contributed by atoms with Crippen LogP contribution < -0.4 is 5.32 Å². The van der Waals surface area contributed by atoms with E-state index < -0.39 is 0 Å². The van der Waals surface area contributed by atoms with Crippen molar-refractivity contribution in [3.05, 3.63) is 99.5 Å². The van der Waals surface area contributed by atoms with Crippen molar-refractivity contribution in [2.24, 2.45) is 0 Å². The molecular weight excluding hydrogens is 419 g/mol. The van der Waals surface area contributed by atoms with Gasteiger partial charge in [0.2, 0.25) is 5.95 Å². The molecule has 0 saturated carbocycles. The maximum Gasteiger partial charge on any atom is 0.281 e. The number of halogens is 2. The Morgan fingerprint density at radius 3 is 2.50 bits per heavy atom. The molecule has 7 heteroatoms. The fourth-order valence-corrected chi connectivity index (χ4v) is 3.35. The molecule has 0 aliphatic rings. The normalized spacial score (nSPS) is 10.8. The fourth-order valence-electron chi connectivity index (χ4n) is 2.95. The summed E-state index contributed by atoms with van der Waals surface area (Å²) in [6.07, 6.45) is 0. The third-order valence-electron chi connectivity index (χ3n) is 4.58. The molecule has 4 rings (SSSR count). The zero-order valence-corrected chi connectivity index (χ0v) is 17.7. The van der Waals surface area contributed by atoms with Crippen LogP contribution in [0.4, 0.5) is 5.95 Å². The van der Waals surface area contributed by atoms with E-state index in [4.69, 9.17) is 23.2 Å². The highest BCUT2D eigenvalue weighted by Gasteiger charge is 2.19. The van der Waals surface area contributed by atoms with E-state index in [1.165, 1.54) is 4.68 Å². The molecule has 1 aromatic heterocycles. The summed E-state index contributed by atoms with van der Waals surface area (Å²) in [4.78, 5) is 17.7. The molecule has 0 amide bonds. The summed E-state index contributed by atoms with van der Waals surface area (Å²) < 4.78 is 1.26. The monoisotopic (exact) mass is 436 g/mol. The second kappa shape index (κ2) is 8.69. The minimum Gasteiger partial charge on any atom is -0.350 e. The summed E-state index contributed by atoms with van der Waals surface area (Å²) in [5.74, 6) is 0.451. The van der Waals surface area contributed by atoms with Crippen molar-refractivity contribution in [1.82, 2.24) is 14.8 Å². The summed E-state index contributed by atoms with van der Waals surface area (Å²) in [5, 5.41) is 8.77. The number of nitrogens with one attached hydrogen (secondary N) is 1. The molecule has 0 saturated heterocycles. The molecule has 0 atom stereocenters. The minimum absolute atomic E-state index is 0.329. The summed E-state index contributed by atoms with van der Waals surface area (Å²) in [6, 6.07) is 22.1. The molecule has 1 heterocycles. The first-order chi connectivity index (χ1) is 14.5. The van der Waals surface area contributed by atoms with E-state index in [-0.39, 0.29) is 5.91 Å². The van der Waals surface area contributed by atoms with Crippen molar-refractivity contribution in [2.45, 2.75) is 13.5 Å². The van der Waals surface area contributed by atoms with Crippen molar-refractivity contribution >= 4 is 35.1 Å². The number of carbonyl (C=O) groups excluding carboxylic acids is 1. The van der Waals surface area contributed by atoms with Crippen molar-refractivity contribution in [3.8, 4) is 11.4 Å². The zero-order valence-electron chi connectivity index (χ0n) is 16.1. The standard InChI is InChI=1S/C23H18Cl2N4O/c1-15-9-11-16(12-10-15)21-27-23(26-14-18-5-2-3-8-20(18)25)29(28-21)22(30)17-6-4-7-19(24)13-17/h2-13H,14H2,1H3,(H,26,27,28). The molecule has 3 aromatic carbocycles. The number of hydrogen-bond acceptors (Lipinski definition) is 4. The van der Waals surface area contributed by atoms with Crippen molar-refractivity contribution < 1.29 is 4.79 Å². The second-order valence-corrected chi connectivity index (χ2v) is 7.64. The van der Waals surface area contributed by atoms with Gasteiger partial charge in [0.25, 0.3) is 5.91 Å². The van der Waals surface area contributed by atoms with Gasteiger partial charge in [0.1, 0.15) is 0 Å². The van der Waals surface area contributed by atoms with Crippen LogP contribution in [0.15, 0.2) is 72.8 Å². The first kappa shape index (κ1) is 20.1. The van der Waals surface area contributed by atoms with Crippen LogP contribution in [-0.2, 0) is 6.54 Å². The quantitative estimate of drug-likeness (QED) is 0.425. The molecule has 1 N–H and O–H groups in total. The van der Waals surface area contributed by atoms with Gasteiger partial charge in [-0.1, -0.05) is 77.3 Å². The molecule has 5 nitrogen and oxygen atoms in total. The predicted molar refractivity (Wildman–Crippen MR) is 120 cm³/mol. The largest absolute Gasteiger partial charge is 0.350 e. The van der Waals surface area contributed by atoms with Gasteiger partial charge in [0.05, 0.1) is 0 Å². The Morgan fingerprint density at radius 2 is 1.77 bits per heavy atom. The molecule has 0 spiro atoms. The highest BCUT2D eigenvalue weighted by atomic mass is 35.5. The lowest BCUT2D eigenvalue weighted by Gasteiger charge is -2.08. The first-order valence-corrected chi connectivity index (χ1v) is 10.1. The summed E-state index contributed by atoms with van der Waals surface area (Å²) in [7, 11) is 0. The smallest absolute Gasteiger partial charge is 0.281 e. The van der Waals surface area contributed by atoms with Gasteiger partial charge in [0.15, 0.2) is 5.82 Å². The van der Waals surface area contributed by atoms with Crippen molar-refractivity contribution in [1.29, 1.82) is 0 Å². The average molecular weight is 437 g/mol. The van der Waals surface area contributed by atoms with Gasteiger partial charge < -0.3 is 5.32 Å². The molecule has 0 fully saturated rings. The molecule has 0 radical (unpaired) electrons. The summed E-state index contributed by atoms with van der Waals surface area (Å²) >= 11 is 12.3. The zero-order chi connectivity index (χ0) is 21.1. The average Bonchev–Trinajstić information content (AvgIpc) is 3.17. The maximum absolute atomic E-state index is 13.1. The molecule has 0 bridgehead atoms. The van der Waals surface area contributed by atoms with E-state index >= 15 is 0 Å². The van der Waals surface area contributed by atoms with Crippen LogP contribution in [0.3, 0.4) is 0 Å². The van der Waals surface area contributed by atoms with Crippen LogP contribution in [0.2, 0.25) is 10.0 Å². The minimum atomic E-state index is -0.329. The fraction of sp³-hybridized carbons (Fsp3) is 0.0870. The van der Waals surface area contributed by atoms with E-state index in [2.05, 4.69) is 15.4 Å². The van der Waals surface area contributed by atoms with Crippen molar-refractivity contribution in [2.75, 3.05) is 5.32 Å². The predicted octanol–water partition coefficient (Wildman–Crippen LogP) is 5.86. The molecule has 0 aliphatic carbocycles. The maximum atomic E-state index is 13.1. The van der Waals surface area contributed by atoms with Crippen LogP contribution in [0, 0.1) is 6.92 Å². The number of hydrogen-bond donors (Lipinski definition) is 1. The summed E-state index contributed by atoms with van der Waals surface area (Å²) in [5.41, 5.74) is 3.26. The third-order valence-corrected chi connectivity index (χ3v) is 5.18. The Bertz CT molecular complexity index is 1200. The molecular formula is C23H18Cl2N4O. The van der Waals surface area contributed by atoms with Crippen LogP contribution in [0.25, 0.3) is 11.4 Å². The SMILES string of the molecule is Cc1ccc(-c2nc(NCc3ccccc3Cl)n(C(=O)c3cccc(Cl)c3)n2)cc1. The van der Waals surface area contributed by atoms with E-state index in [0.717, 1.165) is 16.7 Å². The van der Waals surface area contributed by atoms with Crippen molar-refractivity contribution in [3.63, 3.8) is 0 Å². The van der Waals surface area contributed by atoms with E-state index in [9.17, 15) is 4.79 Å². The van der Waals surface area contributed by atoms with E-state index in [1.54, 1.807) is 24.3 Å². The number of nitrogens with zero attached hydrogens (tertiary/aromatic N) is 3. The van der Waals surface area contributed by atoms with Gasteiger partial charge in [-0.05, 0) is 36.8 Å². The molecule has 150 valence electrons. The van der Waals surface area contributed by atoms with Gasteiger partial charge in [0, 0.05) is 27.7 Å². The van der Waals surface area contributed by atoms with Gasteiger partial charge in [-0.2, -0.15) is 9.67 Å². The third kappa shape index (κ3) is 4.37. The van der Waals surface area contributed by atoms with Crippen LogP contribution >= 0.6 is 23.2 Å². The number of carbonyl (C=O) groups is 1. The molecule has 30 heavy (non-hydrogen) atoms. The van der Waals surface area contributed by atoms with Crippen LogP contribution in [0.5, 0.6) is 0 Å². The lowest BCUT2D eigenvalue weighted by molar-refractivity contribution is 0.0947. The van der Waals surface area contributed by atoms with Gasteiger partial charge >= 0.3 is 0 Å². The lowest BCUT2D eigenvalue weighted by Crippen LogP contribution is -2.17. The number of benzene rings is 3. The Morgan fingerprint density at radius 1 is 1.00 bits per heavy atom. The topological polar surface area (TPSA) is 59.8 Å². The number of rotatable bonds is 5. The lowest BCUT2D eigenvalue weighted by atomic mass is 10.1. The van der Waals surface area contributed by atoms with Gasteiger partial charge in [-0.25, -0.2) is 0 Å². The Balaban J connectivity index is 1.71. The number of aromatic nitrogens is 3. The van der Waals surface area contributed by atoms with Gasteiger partial charge in [-0.3, -0.25) is 4.79 Å². The number of anilines is 1. The highest BCUT2D eigenvalue weighted by molar-refractivity contribution is 6.31. The molecule has 0 unspecified atom stereocenters.